The van der Waals surface area contributed by atoms with E-state index < -0.39 is 54.4 Å². The van der Waals surface area contributed by atoms with Gasteiger partial charge in [-0.15, -0.1) is 0 Å². The lowest BCUT2D eigenvalue weighted by molar-refractivity contribution is -0.142. The SMILES string of the molecule is O=C(O)CCC(CP(=O)(O)CNC1=CC=CCC1=S(=O)=O)C(=O)O. The van der Waals surface area contributed by atoms with E-state index in [2.05, 4.69) is 5.32 Å². The Morgan fingerprint density at radius 3 is 2.54 bits per heavy atom. The van der Waals surface area contributed by atoms with E-state index in [1.807, 2.05) is 0 Å². The van der Waals surface area contributed by atoms with Crippen LogP contribution >= 0.6 is 7.37 Å². The predicted octanol–water partition coefficient (Wildman–Crippen LogP) is 0.265. The molecule has 0 saturated carbocycles. The summed E-state index contributed by atoms with van der Waals surface area (Å²) in [4.78, 5) is 31.6. The van der Waals surface area contributed by atoms with E-state index in [1.165, 1.54) is 6.08 Å². The van der Waals surface area contributed by atoms with Crippen LogP contribution in [0.1, 0.15) is 19.3 Å². The molecule has 1 rings (SSSR count). The minimum absolute atomic E-state index is 0.0400. The minimum Gasteiger partial charge on any atom is -0.481 e. The Balaban J connectivity index is 2.74. The zero-order chi connectivity index (χ0) is 18.3. The smallest absolute Gasteiger partial charge is 0.307 e. The highest BCUT2D eigenvalue weighted by molar-refractivity contribution is 7.73. The molecule has 1 aliphatic carbocycles. The molecule has 0 aromatic rings. The lowest BCUT2D eigenvalue weighted by atomic mass is 10.1. The number of carboxylic acids is 2. The molecule has 0 heterocycles. The highest BCUT2D eigenvalue weighted by Crippen LogP contribution is 2.42. The normalized spacial score (nSPS) is 17.5. The van der Waals surface area contributed by atoms with Gasteiger partial charge in [-0.05, 0) is 12.5 Å². The summed E-state index contributed by atoms with van der Waals surface area (Å²) in [6, 6.07) is 0. The van der Waals surface area contributed by atoms with Gasteiger partial charge in [0.25, 0.3) is 0 Å². The van der Waals surface area contributed by atoms with Gasteiger partial charge < -0.3 is 20.4 Å². The zero-order valence-electron chi connectivity index (χ0n) is 12.6. The summed E-state index contributed by atoms with van der Waals surface area (Å²) in [6.45, 7) is 0. The van der Waals surface area contributed by atoms with Gasteiger partial charge in [0.15, 0.2) is 0 Å². The molecule has 0 spiro atoms. The quantitative estimate of drug-likeness (QED) is 0.326. The van der Waals surface area contributed by atoms with Crippen LogP contribution in [0, 0.1) is 5.92 Å². The molecule has 4 N–H and O–H groups in total. The van der Waals surface area contributed by atoms with E-state index in [1.54, 1.807) is 12.2 Å². The van der Waals surface area contributed by atoms with E-state index in [9.17, 15) is 27.5 Å². The molecular formula is C13H18NO8PS. The third-order valence-corrected chi connectivity index (χ3v) is 5.73. The van der Waals surface area contributed by atoms with Gasteiger partial charge in [0.05, 0.1) is 22.8 Å². The number of hydrogen-bond donors (Lipinski definition) is 4. The lowest BCUT2D eigenvalue weighted by Crippen LogP contribution is -2.26. The van der Waals surface area contributed by atoms with Crippen molar-refractivity contribution in [2.45, 2.75) is 19.3 Å². The number of nitrogens with one attached hydrogen (secondary N) is 1. The van der Waals surface area contributed by atoms with Gasteiger partial charge in [-0.2, -0.15) is 8.42 Å². The summed E-state index contributed by atoms with van der Waals surface area (Å²) < 4.78 is 34.3. The van der Waals surface area contributed by atoms with E-state index >= 15 is 0 Å². The van der Waals surface area contributed by atoms with Gasteiger partial charge in [-0.1, -0.05) is 12.2 Å². The van der Waals surface area contributed by atoms with Crippen molar-refractivity contribution in [3.63, 3.8) is 0 Å². The Bertz CT molecular complexity index is 744. The van der Waals surface area contributed by atoms with Gasteiger partial charge >= 0.3 is 11.9 Å². The summed E-state index contributed by atoms with van der Waals surface area (Å²) >= 11 is 0. The standard InChI is InChI=1S/C13H18NO8PS/c15-12(16)6-5-9(13(17)18)7-23(19,20)8-14-10-3-1-2-4-11(10)24(21)22/h1-3,9,14H,4-8H2,(H,15,16)(H,17,18)(H,19,20). The molecule has 0 saturated heterocycles. The molecule has 9 nitrogen and oxygen atoms in total. The van der Waals surface area contributed by atoms with Crippen LogP contribution < -0.4 is 5.32 Å². The second-order valence-electron chi connectivity index (χ2n) is 5.20. The molecule has 0 bridgehead atoms. The van der Waals surface area contributed by atoms with Crippen molar-refractivity contribution in [2.24, 2.45) is 5.92 Å². The molecule has 2 unspecified atom stereocenters. The Morgan fingerprint density at radius 1 is 1.33 bits per heavy atom. The average molecular weight is 379 g/mol. The fourth-order valence-electron chi connectivity index (χ4n) is 2.07. The number of carbonyl (C=O) groups is 2. The summed E-state index contributed by atoms with van der Waals surface area (Å²) in [5, 5.41) is 20.2. The number of aliphatic carboxylic acids is 2. The number of hydrogen-bond acceptors (Lipinski definition) is 6. The summed E-state index contributed by atoms with van der Waals surface area (Å²) in [5.41, 5.74) is 0.178. The highest BCUT2D eigenvalue weighted by Gasteiger charge is 2.29. The molecule has 0 aromatic heterocycles. The molecule has 0 radical (unpaired) electrons. The Morgan fingerprint density at radius 2 is 2.00 bits per heavy atom. The molecule has 0 aromatic carbocycles. The molecule has 11 heteroatoms. The van der Waals surface area contributed by atoms with Gasteiger partial charge in [-0.25, -0.2) is 0 Å². The van der Waals surface area contributed by atoms with Crippen LogP contribution in [0.2, 0.25) is 0 Å². The predicted molar refractivity (Wildman–Crippen MR) is 86.5 cm³/mol. The maximum absolute atomic E-state index is 12.2. The van der Waals surface area contributed by atoms with Gasteiger partial charge in [0.2, 0.25) is 17.7 Å². The first kappa shape index (κ1) is 20.1. The van der Waals surface area contributed by atoms with Crippen molar-refractivity contribution in [2.75, 3.05) is 12.4 Å². The van der Waals surface area contributed by atoms with Crippen molar-refractivity contribution in [3.8, 4) is 0 Å². The Kier molecular flexibility index (Phi) is 7.40. The number of rotatable bonds is 9. The number of allylic oxidation sites excluding steroid dienone is 4. The van der Waals surface area contributed by atoms with Crippen molar-refractivity contribution >= 4 is 34.5 Å². The Labute approximate surface area is 139 Å². The molecule has 0 fully saturated rings. The van der Waals surface area contributed by atoms with Crippen molar-refractivity contribution < 1.29 is 37.7 Å². The van der Waals surface area contributed by atoms with Crippen LogP contribution in [-0.4, -0.2) is 52.8 Å². The fraction of sp³-hybridized carbons (Fsp3) is 0.462. The molecule has 134 valence electrons. The maximum atomic E-state index is 12.2. The molecule has 0 amide bonds. The molecular weight excluding hydrogens is 361 g/mol. The zero-order valence-corrected chi connectivity index (χ0v) is 14.3. The fourth-order valence-corrected chi connectivity index (χ4v) is 4.19. The van der Waals surface area contributed by atoms with E-state index in [0.29, 0.717) is 0 Å². The van der Waals surface area contributed by atoms with Gasteiger partial charge in [0, 0.05) is 19.0 Å². The average Bonchev–Trinajstić information content (AvgIpc) is 2.49. The topological polar surface area (TPSA) is 158 Å². The summed E-state index contributed by atoms with van der Waals surface area (Å²) in [7, 11) is -6.43. The van der Waals surface area contributed by atoms with Crippen LogP contribution in [0.4, 0.5) is 0 Å². The van der Waals surface area contributed by atoms with Crippen LogP contribution in [-0.2, 0) is 24.4 Å². The monoisotopic (exact) mass is 379 g/mol. The van der Waals surface area contributed by atoms with Crippen LogP contribution in [0.25, 0.3) is 0 Å². The van der Waals surface area contributed by atoms with E-state index in [0.717, 1.165) is 0 Å². The molecule has 0 aliphatic heterocycles. The lowest BCUT2D eigenvalue weighted by Gasteiger charge is -2.19. The van der Waals surface area contributed by atoms with Crippen LogP contribution in [0.15, 0.2) is 23.9 Å². The van der Waals surface area contributed by atoms with Crippen molar-refractivity contribution in [1.29, 1.82) is 0 Å². The first-order valence-corrected chi connectivity index (χ1v) is 10.0. The Hall–Kier alpha value is -1.90. The second kappa shape index (κ2) is 8.81. The summed E-state index contributed by atoms with van der Waals surface area (Å²) in [6.07, 6.45) is 3.01. The second-order valence-corrected chi connectivity index (χ2v) is 8.54. The molecule has 2 atom stereocenters. The molecule has 1 aliphatic rings. The maximum Gasteiger partial charge on any atom is 0.307 e. The third-order valence-electron chi connectivity index (χ3n) is 3.28. The summed E-state index contributed by atoms with van der Waals surface area (Å²) in [5.74, 6) is -3.81. The number of carboxylic acid groups (broad SMARTS) is 2. The van der Waals surface area contributed by atoms with Crippen LogP contribution in [0.3, 0.4) is 0 Å². The highest BCUT2D eigenvalue weighted by atomic mass is 32.2. The minimum atomic E-state index is -3.95. The van der Waals surface area contributed by atoms with Crippen molar-refractivity contribution in [1.82, 2.24) is 5.32 Å². The first-order chi connectivity index (χ1) is 11.1. The van der Waals surface area contributed by atoms with E-state index in [-0.39, 0.29) is 23.4 Å². The van der Waals surface area contributed by atoms with Crippen LogP contribution in [0.5, 0.6) is 0 Å². The third kappa shape index (κ3) is 6.69. The largest absolute Gasteiger partial charge is 0.481 e. The van der Waals surface area contributed by atoms with E-state index in [4.69, 9.17) is 10.2 Å². The first-order valence-electron chi connectivity index (χ1n) is 6.94. The molecule has 24 heavy (non-hydrogen) atoms. The van der Waals surface area contributed by atoms with Gasteiger partial charge in [0.1, 0.15) is 0 Å². The van der Waals surface area contributed by atoms with Gasteiger partial charge in [-0.3, -0.25) is 14.2 Å². The van der Waals surface area contributed by atoms with Crippen molar-refractivity contribution in [3.05, 3.63) is 23.9 Å².